The van der Waals surface area contributed by atoms with Crippen molar-refractivity contribution in [1.29, 1.82) is 0 Å². The maximum atomic E-state index is 10.7. The molecule has 0 saturated heterocycles. The van der Waals surface area contributed by atoms with Crippen LogP contribution in [0.1, 0.15) is 0 Å². The van der Waals surface area contributed by atoms with Crippen LogP contribution in [0.3, 0.4) is 0 Å². The predicted octanol–water partition coefficient (Wildman–Crippen LogP) is 0.248. The van der Waals surface area contributed by atoms with Gasteiger partial charge in [0, 0.05) is 0 Å². The zero-order valence-corrected chi connectivity index (χ0v) is 6.43. The van der Waals surface area contributed by atoms with Crippen LogP contribution in [0.2, 0.25) is 0 Å². The molecule has 0 unspecified atom stereocenters. The number of nitrogens with two attached hydrogens (primary N) is 1. The number of benzene rings is 1. The second-order valence-corrected chi connectivity index (χ2v) is 3.57. The molecule has 0 aliphatic carbocycles. The lowest BCUT2D eigenvalue weighted by molar-refractivity contribution is 0.598. The molecule has 0 aliphatic heterocycles. The molecule has 4 nitrogen and oxygen atoms in total. The third-order valence-electron chi connectivity index (χ3n) is 1.19. The molecule has 0 heterocycles. The Morgan fingerprint density at radius 2 is 1.82 bits per heavy atom. The van der Waals surface area contributed by atoms with Gasteiger partial charge in [-0.3, -0.25) is 5.73 Å². The Bertz CT molecular complexity index is 359. The average Bonchev–Trinajstić information content (AvgIpc) is 1.86. The van der Waals surface area contributed by atoms with Crippen molar-refractivity contribution in [3.05, 3.63) is 24.3 Å². The van der Waals surface area contributed by atoms with Crippen LogP contribution < -0.4 is 10.9 Å². The van der Waals surface area contributed by atoms with Gasteiger partial charge in [0.15, 0.2) is 0 Å². The summed E-state index contributed by atoms with van der Waals surface area (Å²) in [7, 11) is -3.72. The quantitative estimate of drug-likeness (QED) is 0.656. The molecule has 0 amide bonds. The number of hydrogen-bond donors (Lipinski definition) is 1. The van der Waals surface area contributed by atoms with Crippen molar-refractivity contribution in [3.8, 4) is 0 Å². The molecule has 0 aliphatic rings. The molecule has 0 spiro atoms. The monoisotopic (exact) mass is 171 g/mol. The minimum atomic E-state index is -3.72. The minimum Gasteiger partial charge on any atom is -0.299 e. The van der Waals surface area contributed by atoms with Crippen LogP contribution in [-0.2, 0) is 10.0 Å². The highest BCUT2D eigenvalue weighted by Gasteiger charge is 2.10. The Hall–Kier alpha value is -1.07. The summed E-state index contributed by atoms with van der Waals surface area (Å²) in [6, 6.07) is 5.78. The Morgan fingerprint density at radius 1 is 1.27 bits per heavy atom. The lowest BCUT2D eigenvalue weighted by Crippen LogP contribution is -2.12. The van der Waals surface area contributed by atoms with Crippen molar-refractivity contribution in [2.45, 2.75) is 4.90 Å². The lowest BCUT2D eigenvalue weighted by Gasteiger charge is -1.98. The molecular formula is C6H7N2O2S. The number of nitrogens with one attached hydrogen (secondary N) is 1. The highest BCUT2D eigenvalue weighted by atomic mass is 32.2. The first kappa shape index (κ1) is 8.03. The van der Waals surface area contributed by atoms with Crippen molar-refractivity contribution >= 4 is 15.7 Å². The van der Waals surface area contributed by atoms with Crippen LogP contribution >= 0.6 is 0 Å². The predicted molar refractivity (Wildman–Crippen MR) is 40.6 cm³/mol. The largest absolute Gasteiger partial charge is 0.299 e. The van der Waals surface area contributed by atoms with Gasteiger partial charge in [-0.05, 0) is 12.1 Å². The maximum absolute atomic E-state index is 10.7. The van der Waals surface area contributed by atoms with E-state index < -0.39 is 10.0 Å². The van der Waals surface area contributed by atoms with E-state index in [-0.39, 0.29) is 10.6 Å². The van der Waals surface area contributed by atoms with Gasteiger partial charge in [0.1, 0.15) is 4.90 Å². The van der Waals surface area contributed by atoms with Crippen molar-refractivity contribution in [1.82, 2.24) is 5.73 Å². The molecule has 59 valence electrons. The van der Waals surface area contributed by atoms with Gasteiger partial charge in [-0.2, -0.15) is 0 Å². The normalized spacial score (nSPS) is 11.4. The third kappa shape index (κ3) is 1.69. The van der Waals surface area contributed by atoms with E-state index in [1.165, 1.54) is 18.2 Å². The van der Waals surface area contributed by atoms with Gasteiger partial charge in [0.25, 0.3) is 0 Å². The van der Waals surface area contributed by atoms with E-state index in [4.69, 9.17) is 10.9 Å². The fraction of sp³-hybridized carbons (Fsp3) is 0. The standard InChI is InChI=1S/C6H7N2O2S/c7-5-3-1-2-4-6(5)11(8,9)10/h1-4,7H,(H2,8,9,10). The lowest BCUT2D eigenvalue weighted by atomic mass is 10.3. The van der Waals surface area contributed by atoms with Gasteiger partial charge in [0.2, 0.25) is 10.0 Å². The molecule has 0 bridgehead atoms. The minimum absolute atomic E-state index is 0.0741. The number of sulfonamides is 1. The molecule has 0 aromatic heterocycles. The molecule has 0 saturated carbocycles. The van der Waals surface area contributed by atoms with Gasteiger partial charge in [-0.1, -0.05) is 12.1 Å². The zero-order valence-electron chi connectivity index (χ0n) is 5.61. The molecule has 5 heteroatoms. The van der Waals surface area contributed by atoms with E-state index in [9.17, 15) is 8.42 Å². The second kappa shape index (κ2) is 2.52. The number of primary sulfonamides is 1. The summed E-state index contributed by atoms with van der Waals surface area (Å²) in [4.78, 5) is -0.139. The summed E-state index contributed by atoms with van der Waals surface area (Å²) in [5.74, 6) is 0. The molecule has 3 N–H and O–H groups in total. The first-order valence-corrected chi connectivity index (χ1v) is 4.40. The molecule has 1 aromatic rings. The second-order valence-electron chi connectivity index (χ2n) is 2.04. The highest BCUT2D eigenvalue weighted by molar-refractivity contribution is 7.89. The third-order valence-corrected chi connectivity index (χ3v) is 2.16. The Labute approximate surface area is 64.9 Å². The fourth-order valence-corrected chi connectivity index (χ4v) is 1.36. The molecule has 1 rings (SSSR count). The van der Waals surface area contributed by atoms with Crippen molar-refractivity contribution in [2.75, 3.05) is 0 Å². The molecule has 1 radical (unpaired) electrons. The number of rotatable bonds is 1. The van der Waals surface area contributed by atoms with Crippen LogP contribution in [0.4, 0.5) is 5.69 Å². The summed E-state index contributed by atoms with van der Waals surface area (Å²) in [6.45, 7) is 0. The molecule has 0 fully saturated rings. The van der Waals surface area contributed by atoms with Crippen molar-refractivity contribution < 1.29 is 8.42 Å². The summed E-state index contributed by atoms with van der Waals surface area (Å²) < 4.78 is 21.4. The molecule has 1 aromatic carbocycles. The van der Waals surface area contributed by atoms with E-state index in [0.29, 0.717) is 0 Å². The van der Waals surface area contributed by atoms with Crippen LogP contribution in [0.5, 0.6) is 0 Å². The molecule has 11 heavy (non-hydrogen) atoms. The van der Waals surface area contributed by atoms with Gasteiger partial charge in [0.05, 0.1) is 5.69 Å². The van der Waals surface area contributed by atoms with Crippen molar-refractivity contribution in [2.24, 2.45) is 5.14 Å². The SMILES string of the molecule is [NH]c1ccccc1S(N)(=O)=O. The van der Waals surface area contributed by atoms with E-state index >= 15 is 0 Å². The van der Waals surface area contributed by atoms with E-state index in [2.05, 4.69) is 0 Å². The van der Waals surface area contributed by atoms with E-state index in [1.807, 2.05) is 0 Å². The Morgan fingerprint density at radius 3 is 2.18 bits per heavy atom. The summed E-state index contributed by atoms with van der Waals surface area (Å²) in [5, 5.41) is 4.81. The molecular weight excluding hydrogens is 164 g/mol. The maximum Gasteiger partial charge on any atom is 0.240 e. The van der Waals surface area contributed by atoms with Gasteiger partial charge in [-0.25, -0.2) is 13.6 Å². The van der Waals surface area contributed by atoms with Crippen LogP contribution in [0.15, 0.2) is 29.2 Å². The number of hydrogen-bond acceptors (Lipinski definition) is 2. The van der Waals surface area contributed by atoms with Crippen LogP contribution in [-0.4, -0.2) is 8.42 Å². The van der Waals surface area contributed by atoms with Crippen LogP contribution in [0.25, 0.3) is 0 Å². The Balaban J connectivity index is 3.37. The first-order valence-electron chi connectivity index (χ1n) is 2.85. The summed E-state index contributed by atoms with van der Waals surface area (Å²) in [5.41, 5.74) is 7.09. The Kier molecular flexibility index (Phi) is 1.84. The zero-order chi connectivity index (χ0) is 8.48. The smallest absolute Gasteiger partial charge is 0.240 e. The van der Waals surface area contributed by atoms with Gasteiger partial charge in [-0.15, -0.1) is 0 Å². The highest BCUT2D eigenvalue weighted by Crippen LogP contribution is 2.15. The fourth-order valence-electron chi connectivity index (χ4n) is 0.715. The average molecular weight is 171 g/mol. The van der Waals surface area contributed by atoms with E-state index in [0.717, 1.165) is 0 Å². The summed E-state index contributed by atoms with van der Waals surface area (Å²) >= 11 is 0. The molecule has 0 atom stereocenters. The van der Waals surface area contributed by atoms with Crippen LogP contribution in [0, 0.1) is 0 Å². The first-order chi connectivity index (χ1) is 5.02. The van der Waals surface area contributed by atoms with E-state index in [1.54, 1.807) is 6.07 Å². The topological polar surface area (TPSA) is 84.0 Å². The summed E-state index contributed by atoms with van der Waals surface area (Å²) in [6.07, 6.45) is 0. The van der Waals surface area contributed by atoms with Gasteiger partial charge < -0.3 is 0 Å². The van der Waals surface area contributed by atoms with Gasteiger partial charge >= 0.3 is 0 Å². The van der Waals surface area contributed by atoms with Crippen molar-refractivity contribution in [3.63, 3.8) is 0 Å².